The van der Waals surface area contributed by atoms with Gasteiger partial charge in [0.1, 0.15) is 6.04 Å². The number of carboxylic acids is 1. The summed E-state index contributed by atoms with van der Waals surface area (Å²) in [6, 6.07) is 7.70. The van der Waals surface area contributed by atoms with Crippen LogP contribution in [0.25, 0.3) is 0 Å². The monoisotopic (exact) mass is 281 g/mol. The lowest BCUT2D eigenvalue weighted by Crippen LogP contribution is -2.32. The second-order valence-electron chi connectivity index (χ2n) is 6.02. The van der Waals surface area contributed by atoms with Crippen molar-refractivity contribution in [1.29, 1.82) is 0 Å². The van der Waals surface area contributed by atoms with E-state index in [1.165, 1.54) is 11.1 Å². The molecule has 1 aromatic carbocycles. The number of thioether (sulfide) groups is 1. The van der Waals surface area contributed by atoms with E-state index in [4.69, 9.17) is 10.8 Å². The van der Waals surface area contributed by atoms with Crippen molar-refractivity contribution >= 4 is 17.7 Å². The maximum absolute atomic E-state index is 10.6. The highest BCUT2D eigenvalue weighted by atomic mass is 32.2. The Morgan fingerprint density at radius 2 is 2.00 bits per heavy atom. The van der Waals surface area contributed by atoms with Crippen LogP contribution >= 0.6 is 11.8 Å². The molecule has 0 amide bonds. The topological polar surface area (TPSA) is 63.3 Å². The Kier molecular flexibility index (Phi) is 5.88. The number of nitrogens with two attached hydrogens (primary N) is 1. The molecule has 106 valence electrons. The van der Waals surface area contributed by atoms with E-state index >= 15 is 0 Å². The van der Waals surface area contributed by atoms with Crippen LogP contribution in [0.3, 0.4) is 0 Å². The summed E-state index contributed by atoms with van der Waals surface area (Å²) in [5.74, 6) is 0.312. The first-order valence-electron chi connectivity index (χ1n) is 6.42. The molecular weight excluding hydrogens is 258 g/mol. The first-order valence-corrected chi connectivity index (χ1v) is 7.57. The average molecular weight is 281 g/mol. The number of hydrogen-bond donors (Lipinski definition) is 2. The molecule has 0 radical (unpaired) electrons. The molecule has 0 heterocycles. The Bertz CT molecular complexity index is 426. The number of aliphatic carboxylic acids is 1. The Labute approximate surface area is 119 Å². The Morgan fingerprint density at radius 1 is 1.37 bits per heavy atom. The van der Waals surface area contributed by atoms with Crippen molar-refractivity contribution < 1.29 is 9.90 Å². The summed E-state index contributed by atoms with van der Waals surface area (Å²) in [5, 5.41) is 8.71. The fraction of sp³-hybridized carbons (Fsp3) is 0.533. The molecule has 0 saturated carbocycles. The predicted octanol–water partition coefficient (Wildman–Crippen LogP) is 2.92. The molecule has 0 saturated heterocycles. The van der Waals surface area contributed by atoms with Crippen molar-refractivity contribution in [1.82, 2.24) is 0 Å². The van der Waals surface area contributed by atoms with Crippen LogP contribution < -0.4 is 5.73 Å². The van der Waals surface area contributed by atoms with Gasteiger partial charge in [0.05, 0.1) is 0 Å². The average Bonchev–Trinajstić information content (AvgIpc) is 2.26. The summed E-state index contributed by atoms with van der Waals surface area (Å²) in [6.07, 6.45) is 1.04. The normalized spacial score (nSPS) is 13.3. The second-order valence-corrected chi connectivity index (χ2v) is 7.05. The minimum Gasteiger partial charge on any atom is -0.480 e. The van der Waals surface area contributed by atoms with E-state index in [-0.39, 0.29) is 5.41 Å². The Balaban J connectivity index is 2.51. The highest BCUT2D eigenvalue weighted by Crippen LogP contribution is 2.22. The lowest BCUT2D eigenvalue weighted by atomic mass is 9.88. The molecule has 19 heavy (non-hydrogen) atoms. The lowest BCUT2D eigenvalue weighted by molar-refractivity contribution is -0.137. The van der Waals surface area contributed by atoms with E-state index < -0.39 is 12.0 Å². The van der Waals surface area contributed by atoms with Crippen LogP contribution in [0.4, 0.5) is 0 Å². The molecule has 3 N–H and O–H groups in total. The standard InChI is InChI=1S/C15H23NO2S/c1-15(2,3)8-11-5-4-6-12(7-11)9-19-10-13(16)14(17)18/h4-7,13H,8-10,16H2,1-3H3,(H,17,18)/t13-/m0/s1. The van der Waals surface area contributed by atoms with E-state index in [1.54, 1.807) is 11.8 Å². The van der Waals surface area contributed by atoms with Crippen LogP contribution in [-0.2, 0) is 17.0 Å². The highest BCUT2D eigenvalue weighted by molar-refractivity contribution is 7.98. The summed E-state index contributed by atoms with van der Waals surface area (Å²) in [5.41, 5.74) is 8.30. The molecule has 1 rings (SSSR count). The van der Waals surface area contributed by atoms with E-state index in [0.29, 0.717) is 5.75 Å². The van der Waals surface area contributed by atoms with Crippen molar-refractivity contribution in [2.45, 2.75) is 39.0 Å². The summed E-state index contributed by atoms with van der Waals surface area (Å²) in [7, 11) is 0. The number of carboxylic acid groups (broad SMARTS) is 1. The van der Waals surface area contributed by atoms with Crippen LogP contribution in [0.2, 0.25) is 0 Å². The van der Waals surface area contributed by atoms with Gasteiger partial charge in [0.2, 0.25) is 0 Å². The van der Waals surface area contributed by atoms with E-state index in [2.05, 4.69) is 45.0 Å². The van der Waals surface area contributed by atoms with Crippen molar-refractivity contribution in [3.05, 3.63) is 35.4 Å². The molecule has 0 bridgehead atoms. The Morgan fingerprint density at radius 3 is 2.58 bits per heavy atom. The molecule has 0 unspecified atom stereocenters. The third-order valence-electron chi connectivity index (χ3n) is 2.61. The second kappa shape index (κ2) is 6.96. The molecule has 0 spiro atoms. The molecule has 0 aromatic heterocycles. The SMILES string of the molecule is CC(C)(C)Cc1cccc(CSC[C@H](N)C(=O)O)c1. The maximum atomic E-state index is 10.6. The van der Waals surface area contributed by atoms with E-state index in [9.17, 15) is 4.79 Å². The molecule has 0 aliphatic rings. The zero-order valence-corrected chi connectivity index (χ0v) is 12.7. The third-order valence-corrected chi connectivity index (χ3v) is 3.74. The molecular formula is C15H23NO2S. The number of carbonyl (C=O) groups is 1. The van der Waals surface area contributed by atoms with Crippen LogP contribution in [0.5, 0.6) is 0 Å². The van der Waals surface area contributed by atoms with Crippen molar-refractivity contribution in [2.75, 3.05) is 5.75 Å². The van der Waals surface area contributed by atoms with Gasteiger partial charge in [-0.1, -0.05) is 45.0 Å². The van der Waals surface area contributed by atoms with Crippen molar-refractivity contribution in [3.8, 4) is 0 Å². The molecule has 4 heteroatoms. The van der Waals surface area contributed by atoms with Gasteiger partial charge in [0.15, 0.2) is 0 Å². The van der Waals surface area contributed by atoms with Crippen LogP contribution in [0.1, 0.15) is 31.9 Å². The van der Waals surface area contributed by atoms with Crippen LogP contribution in [-0.4, -0.2) is 22.9 Å². The van der Waals surface area contributed by atoms with Crippen LogP contribution in [0, 0.1) is 5.41 Å². The molecule has 1 aromatic rings. The molecule has 1 atom stereocenters. The van der Waals surface area contributed by atoms with Gasteiger partial charge in [-0.05, 0) is 23.0 Å². The number of hydrogen-bond acceptors (Lipinski definition) is 3. The van der Waals surface area contributed by atoms with Gasteiger partial charge >= 0.3 is 5.97 Å². The summed E-state index contributed by atoms with van der Waals surface area (Å²) < 4.78 is 0. The quantitative estimate of drug-likeness (QED) is 0.841. The third kappa shape index (κ3) is 6.64. The zero-order chi connectivity index (χ0) is 14.5. The number of rotatable bonds is 6. The maximum Gasteiger partial charge on any atom is 0.321 e. The van der Waals surface area contributed by atoms with Gasteiger partial charge < -0.3 is 10.8 Å². The first kappa shape index (κ1) is 16.1. The summed E-state index contributed by atoms with van der Waals surface area (Å²) in [6.45, 7) is 6.67. The van der Waals surface area contributed by atoms with Gasteiger partial charge in [0.25, 0.3) is 0 Å². The smallest absolute Gasteiger partial charge is 0.321 e. The minimum absolute atomic E-state index is 0.275. The van der Waals surface area contributed by atoms with Gasteiger partial charge in [-0.25, -0.2) is 0 Å². The first-order chi connectivity index (χ1) is 8.78. The van der Waals surface area contributed by atoms with Crippen molar-refractivity contribution in [2.24, 2.45) is 11.1 Å². The minimum atomic E-state index is -0.936. The number of benzene rings is 1. The lowest BCUT2D eigenvalue weighted by Gasteiger charge is -2.18. The van der Waals surface area contributed by atoms with Gasteiger partial charge in [0, 0.05) is 11.5 Å². The van der Waals surface area contributed by atoms with E-state index in [1.807, 2.05) is 0 Å². The fourth-order valence-electron chi connectivity index (χ4n) is 1.82. The van der Waals surface area contributed by atoms with Crippen molar-refractivity contribution in [3.63, 3.8) is 0 Å². The predicted molar refractivity (Wildman–Crippen MR) is 81.4 cm³/mol. The zero-order valence-electron chi connectivity index (χ0n) is 11.8. The highest BCUT2D eigenvalue weighted by Gasteiger charge is 2.12. The summed E-state index contributed by atoms with van der Waals surface area (Å²) in [4.78, 5) is 10.6. The molecule has 0 aliphatic heterocycles. The van der Waals surface area contributed by atoms with Gasteiger partial charge in [-0.3, -0.25) is 4.79 Å². The largest absolute Gasteiger partial charge is 0.480 e. The molecule has 0 fully saturated rings. The summed E-state index contributed by atoms with van der Waals surface area (Å²) >= 11 is 1.56. The van der Waals surface area contributed by atoms with Gasteiger partial charge in [-0.15, -0.1) is 0 Å². The van der Waals surface area contributed by atoms with Crippen LogP contribution in [0.15, 0.2) is 24.3 Å². The molecule has 3 nitrogen and oxygen atoms in total. The Hall–Kier alpha value is -1.00. The van der Waals surface area contributed by atoms with Gasteiger partial charge in [-0.2, -0.15) is 11.8 Å². The molecule has 0 aliphatic carbocycles. The fourth-order valence-corrected chi connectivity index (χ4v) is 2.75. The van der Waals surface area contributed by atoms with E-state index in [0.717, 1.165) is 12.2 Å².